The van der Waals surface area contributed by atoms with Gasteiger partial charge in [0.25, 0.3) is 0 Å². The second kappa shape index (κ2) is 5.38. The van der Waals surface area contributed by atoms with Gasteiger partial charge in [-0.2, -0.15) is 0 Å². The fourth-order valence-electron chi connectivity index (χ4n) is 2.33. The smallest absolute Gasteiger partial charge is 0.179 e. The number of rotatable bonds is 3. The van der Waals surface area contributed by atoms with Gasteiger partial charge in [0, 0.05) is 43.7 Å². The highest BCUT2D eigenvalue weighted by molar-refractivity contribution is 7.90. The van der Waals surface area contributed by atoms with E-state index >= 15 is 0 Å². The van der Waals surface area contributed by atoms with Gasteiger partial charge in [-0.15, -0.1) is 0 Å². The molecule has 1 aliphatic heterocycles. The molecular formula is C13H20N2O3S. The average Bonchev–Trinajstić information content (AvgIpc) is 2.37. The maximum atomic E-state index is 11.6. The molecule has 19 heavy (non-hydrogen) atoms. The lowest BCUT2D eigenvalue weighted by Gasteiger charge is -2.33. The summed E-state index contributed by atoms with van der Waals surface area (Å²) in [6.45, 7) is 4.87. The summed E-state index contributed by atoms with van der Waals surface area (Å²) in [4.78, 5) is 2.47. The number of anilines is 1. The van der Waals surface area contributed by atoms with Crippen molar-refractivity contribution in [3.63, 3.8) is 0 Å². The topological polar surface area (TPSA) is 58.6 Å². The Bertz CT molecular complexity index is 557. The minimum absolute atomic E-state index is 0.238. The van der Waals surface area contributed by atoms with E-state index in [2.05, 4.69) is 17.1 Å². The van der Waals surface area contributed by atoms with E-state index < -0.39 is 9.84 Å². The normalized spacial score (nSPS) is 20.4. The Hall–Kier alpha value is -1.27. The van der Waals surface area contributed by atoms with E-state index in [1.165, 1.54) is 13.4 Å². The zero-order valence-electron chi connectivity index (χ0n) is 11.5. The van der Waals surface area contributed by atoms with Crippen molar-refractivity contribution in [2.24, 2.45) is 0 Å². The first-order valence-electron chi connectivity index (χ1n) is 6.28. The molecule has 1 saturated heterocycles. The molecule has 1 aromatic carbocycles. The minimum Gasteiger partial charge on any atom is -0.495 e. The number of nitrogens with one attached hydrogen (secondary N) is 1. The van der Waals surface area contributed by atoms with Crippen molar-refractivity contribution >= 4 is 15.5 Å². The fourth-order valence-corrected chi connectivity index (χ4v) is 3.15. The predicted octanol–water partition coefficient (Wildman–Crippen LogP) is 0.897. The molecule has 1 aromatic rings. The first-order valence-corrected chi connectivity index (χ1v) is 8.17. The van der Waals surface area contributed by atoms with Gasteiger partial charge in [0.2, 0.25) is 0 Å². The van der Waals surface area contributed by atoms with E-state index in [9.17, 15) is 8.42 Å². The van der Waals surface area contributed by atoms with Crippen LogP contribution in [-0.2, 0) is 9.84 Å². The van der Waals surface area contributed by atoms with Gasteiger partial charge in [-0.05, 0) is 19.1 Å². The van der Waals surface area contributed by atoms with E-state index in [4.69, 9.17) is 4.74 Å². The molecule has 0 aromatic heterocycles. The van der Waals surface area contributed by atoms with Crippen LogP contribution in [0.5, 0.6) is 5.75 Å². The average molecular weight is 284 g/mol. The maximum Gasteiger partial charge on any atom is 0.179 e. The van der Waals surface area contributed by atoms with Crippen LogP contribution in [0, 0.1) is 0 Å². The summed E-state index contributed by atoms with van der Waals surface area (Å²) < 4.78 is 28.5. The molecule has 0 bridgehead atoms. The molecule has 5 nitrogen and oxygen atoms in total. The third kappa shape index (κ3) is 3.19. The monoisotopic (exact) mass is 284 g/mol. The zero-order valence-corrected chi connectivity index (χ0v) is 12.3. The molecule has 2 rings (SSSR count). The third-order valence-corrected chi connectivity index (χ3v) is 4.42. The fraction of sp³-hybridized carbons (Fsp3) is 0.538. The van der Waals surface area contributed by atoms with Crippen LogP contribution in [0.4, 0.5) is 5.69 Å². The van der Waals surface area contributed by atoms with E-state index in [-0.39, 0.29) is 4.90 Å². The van der Waals surface area contributed by atoms with Gasteiger partial charge in [-0.1, -0.05) is 0 Å². The molecule has 0 radical (unpaired) electrons. The molecule has 0 aliphatic carbocycles. The lowest BCUT2D eigenvalue weighted by molar-refractivity contribution is 0.402. The van der Waals surface area contributed by atoms with Gasteiger partial charge >= 0.3 is 0 Å². The lowest BCUT2D eigenvalue weighted by Crippen LogP contribution is -2.49. The second-order valence-corrected chi connectivity index (χ2v) is 6.89. The summed E-state index contributed by atoms with van der Waals surface area (Å²) in [5, 5.41) is 3.38. The summed E-state index contributed by atoms with van der Waals surface area (Å²) in [6.07, 6.45) is 1.19. The number of nitrogens with zero attached hydrogens (tertiary/aromatic N) is 1. The van der Waals surface area contributed by atoms with E-state index in [1.54, 1.807) is 12.1 Å². The van der Waals surface area contributed by atoms with Crippen LogP contribution < -0.4 is 15.0 Å². The Morgan fingerprint density at radius 2 is 2.16 bits per heavy atom. The molecule has 6 heteroatoms. The molecule has 0 amide bonds. The third-order valence-electron chi connectivity index (χ3n) is 3.28. The maximum absolute atomic E-state index is 11.6. The number of hydrogen-bond donors (Lipinski definition) is 1. The van der Waals surface area contributed by atoms with Gasteiger partial charge in [-0.3, -0.25) is 0 Å². The molecule has 1 fully saturated rings. The lowest BCUT2D eigenvalue weighted by atomic mass is 10.2. The predicted molar refractivity (Wildman–Crippen MR) is 75.8 cm³/mol. The van der Waals surface area contributed by atoms with Crippen molar-refractivity contribution in [2.75, 3.05) is 37.9 Å². The number of benzene rings is 1. The Kier molecular flexibility index (Phi) is 4.01. The van der Waals surface area contributed by atoms with Crippen LogP contribution in [0.15, 0.2) is 23.1 Å². The highest BCUT2D eigenvalue weighted by Crippen LogP contribution is 2.29. The molecule has 0 saturated carbocycles. The van der Waals surface area contributed by atoms with E-state index in [1.807, 2.05) is 6.07 Å². The minimum atomic E-state index is -3.26. The Labute approximate surface area is 114 Å². The molecular weight excluding hydrogens is 264 g/mol. The summed E-state index contributed by atoms with van der Waals surface area (Å²) in [5.74, 6) is 0.409. The first kappa shape index (κ1) is 14.1. The van der Waals surface area contributed by atoms with Crippen LogP contribution in [0.1, 0.15) is 6.92 Å². The molecule has 1 N–H and O–H groups in total. The van der Waals surface area contributed by atoms with Crippen molar-refractivity contribution in [1.29, 1.82) is 0 Å². The largest absolute Gasteiger partial charge is 0.495 e. The number of sulfone groups is 1. The van der Waals surface area contributed by atoms with Gasteiger partial charge in [0.1, 0.15) is 10.6 Å². The van der Waals surface area contributed by atoms with Crippen molar-refractivity contribution in [3.05, 3.63) is 18.2 Å². The molecule has 1 atom stereocenters. The van der Waals surface area contributed by atoms with Gasteiger partial charge < -0.3 is 15.0 Å². The van der Waals surface area contributed by atoms with Crippen molar-refractivity contribution in [3.8, 4) is 5.75 Å². The molecule has 1 aliphatic rings. The number of hydrogen-bond acceptors (Lipinski definition) is 5. The van der Waals surface area contributed by atoms with Gasteiger partial charge in [0.15, 0.2) is 9.84 Å². The second-order valence-electron chi connectivity index (χ2n) is 4.91. The van der Waals surface area contributed by atoms with Crippen LogP contribution in [0.25, 0.3) is 0 Å². The standard InChI is InChI=1S/C13H20N2O3S/c1-10-9-15(7-6-14-10)11-4-5-13(19(3,16)17)12(8-11)18-2/h4-5,8,10,14H,6-7,9H2,1-3H3/t10-/m1/s1. The zero-order chi connectivity index (χ0) is 14.0. The summed E-state index contributed by atoms with van der Waals surface area (Å²) in [7, 11) is -1.77. The van der Waals surface area contributed by atoms with Crippen molar-refractivity contribution in [2.45, 2.75) is 17.9 Å². The molecule has 0 spiro atoms. The van der Waals surface area contributed by atoms with Gasteiger partial charge in [0.05, 0.1) is 7.11 Å². The quantitative estimate of drug-likeness (QED) is 0.893. The van der Waals surface area contributed by atoms with Crippen LogP contribution >= 0.6 is 0 Å². The van der Waals surface area contributed by atoms with E-state index in [0.717, 1.165) is 25.3 Å². The SMILES string of the molecule is COc1cc(N2CCN[C@H](C)C2)ccc1S(C)(=O)=O. The Morgan fingerprint density at radius 3 is 2.74 bits per heavy atom. The summed E-state index contributed by atoms with van der Waals surface area (Å²) in [5.41, 5.74) is 0.998. The van der Waals surface area contributed by atoms with Crippen molar-refractivity contribution < 1.29 is 13.2 Å². The van der Waals surface area contributed by atoms with Crippen LogP contribution in [-0.4, -0.2) is 47.5 Å². The highest BCUT2D eigenvalue weighted by atomic mass is 32.2. The molecule has 106 valence electrons. The molecule has 0 unspecified atom stereocenters. The van der Waals surface area contributed by atoms with E-state index in [0.29, 0.717) is 11.8 Å². The van der Waals surface area contributed by atoms with Crippen LogP contribution in [0.3, 0.4) is 0 Å². The van der Waals surface area contributed by atoms with Crippen LogP contribution in [0.2, 0.25) is 0 Å². The Balaban J connectivity index is 2.34. The highest BCUT2D eigenvalue weighted by Gasteiger charge is 2.19. The summed E-state index contributed by atoms with van der Waals surface area (Å²) >= 11 is 0. The van der Waals surface area contributed by atoms with Crippen molar-refractivity contribution in [1.82, 2.24) is 5.32 Å². The number of piperazine rings is 1. The molecule has 1 heterocycles. The first-order chi connectivity index (χ1) is 8.91. The number of methoxy groups -OCH3 is 1. The Morgan fingerprint density at radius 1 is 1.42 bits per heavy atom. The summed E-state index contributed by atoms with van der Waals surface area (Å²) in [6, 6.07) is 5.69. The number of ether oxygens (including phenoxy) is 1. The van der Waals surface area contributed by atoms with Gasteiger partial charge in [-0.25, -0.2) is 8.42 Å².